The van der Waals surface area contributed by atoms with Gasteiger partial charge in [-0.25, -0.2) is 4.39 Å². The molecule has 0 aromatic heterocycles. The van der Waals surface area contributed by atoms with Crippen molar-refractivity contribution in [2.24, 2.45) is 11.8 Å². The topological polar surface area (TPSA) is 62.2 Å². The van der Waals surface area contributed by atoms with E-state index in [9.17, 15) is 14.3 Å². The van der Waals surface area contributed by atoms with Crippen LogP contribution in [-0.4, -0.2) is 80.5 Å². The zero-order valence-electron chi connectivity index (χ0n) is 14.5. The minimum atomic E-state index is -0.582. The maximum absolute atomic E-state index is 14.2. The van der Waals surface area contributed by atoms with Gasteiger partial charge >= 0.3 is 0 Å². The quantitative estimate of drug-likeness (QED) is 0.851. The predicted octanol–water partition coefficient (Wildman–Crippen LogP) is 0.847. The first-order chi connectivity index (χ1) is 12.1. The Kier molecular flexibility index (Phi) is 5.88. The lowest BCUT2D eigenvalue weighted by Crippen LogP contribution is -2.41. The summed E-state index contributed by atoms with van der Waals surface area (Å²) in [6, 6.07) is 4.37. The van der Waals surface area contributed by atoms with E-state index >= 15 is 0 Å². The number of nitrogens with zero attached hydrogens (tertiary/aromatic N) is 2. The van der Waals surface area contributed by atoms with Crippen LogP contribution in [0.15, 0.2) is 18.2 Å². The van der Waals surface area contributed by atoms with E-state index in [0.29, 0.717) is 26.3 Å². The first kappa shape index (κ1) is 18.1. The fraction of sp³-hybridized carbons (Fsp3) is 0.611. The standard InChI is InChI=1S/C18H25FN2O4/c1-24-16-4-2-3-15(19)17(16)18(23)21-10-13(14(11-21)12-22)9-20-5-7-25-8-6-20/h2-4,13-14,22H,5-12H2,1H3/t13-,14-/m1/s1. The third kappa shape index (κ3) is 3.94. The third-order valence-electron chi connectivity index (χ3n) is 5.10. The van der Waals surface area contributed by atoms with E-state index in [2.05, 4.69) is 4.90 Å². The molecule has 0 bridgehead atoms. The lowest BCUT2D eigenvalue weighted by atomic mass is 9.96. The van der Waals surface area contributed by atoms with Crippen molar-refractivity contribution in [3.8, 4) is 5.75 Å². The van der Waals surface area contributed by atoms with Gasteiger partial charge in [-0.05, 0) is 18.1 Å². The van der Waals surface area contributed by atoms with Crippen LogP contribution in [0.1, 0.15) is 10.4 Å². The van der Waals surface area contributed by atoms with Gasteiger partial charge in [0.05, 0.1) is 20.3 Å². The van der Waals surface area contributed by atoms with Gasteiger partial charge in [0.1, 0.15) is 17.1 Å². The summed E-state index contributed by atoms with van der Waals surface area (Å²) < 4.78 is 24.7. The van der Waals surface area contributed by atoms with Gasteiger partial charge in [-0.1, -0.05) is 6.07 Å². The average molecular weight is 352 g/mol. The summed E-state index contributed by atoms with van der Waals surface area (Å²) in [6.07, 6.45) is 0. The molecule has 25 heavy (non-hydrogen) atoms. The number of carbonyl (C=O) groups excluding carboxylic acids is 1. The Morgan fingerprint density at radius 3 is 2.72 bits per heavy atom. The SMILES string of the molecule is COc1cccc(F)c1C(=O)N1C[C@@H](CN2CCOCC2)[C@@H](CO)C1. The van der Waals surface area contributed by atoms with Crippen molar-refractivity contribution in [1.29, 1.82) is 0 Å². The molecule has 138 valence electrons. The molecule has 7 heteroatoms. The van der Waals surface area contributed by atoms with Gasteiger partial charge < -0.3 is 19.5 Å². The van der Waals surface area contributed by atoms with Gasteiger partial charge in [-0.2, -0.15) is 0 Å². The predicted molar refractivity (Wildman–Crippen MR) is 90.2 cm³/mol. The maximum Gasteiger partial charge on any atom is 0.260 e. The second kappa shape index (κ2) is 8.12. The van der Waals surface area contributed by atoms with E-state index in [1.165, 1.54) is 19.2 Å². The molecular formula is C18H25FN2O4. The third-order valence-corrected chi connectivity index (χ3v) is 5.10. The van der Waals surface area contributed by atoms with E-state index in [1.54, 1.807) is 11.0 Å². The number of aliphatic hydroxyl groups is 1. The number of carbonyl (C=O) groups is 1. The normalized spacial score (nSPS) is 24.5. The molecule has 2 fully saturated rings. The first-order valence-corrected chi connectivity index (χ1v) is 8.66. The molecule has 1 amide bonds. The molecule has 6 nitrogen and oxygen atoms in total. The van der Waals surface area contributed by atoms with Crippen molar-refractivity contribution in [3.63, 3.8) is 0 Å². The lowest BCUT2D eigenvalue weighted by Gasteiger charge is -2.30. The van der Waals surface area contributed by atoms with Crippen LogP contribution in [0.4, 0.5) is 4.39 Å². The second-order valence-corrected chi connectivity index (χ2v) is 6.64. The van der Waals surface area contributed by atoms with Gasteiger partial charge in [0.2, 0.25) is 0 Å². The van der Waals surface area contributed by atoms with Crippen molar-refractivity contribution in [2.45, 2.75) is 0 Å². The Bertz CT molecular complexity index is 607. The molecule has 1 N–H and O–H groups in total. The minimum absolute atomic E-state index is 0.00423. The molecule has 2 aliphatic rings. The van der Waals surface area contributed by atoms with Gasteiger partial charge in [-0.3, -0.25) is 9.69 Å². The summed E-state index contributed by atoms with van der Waals surface area (Å²) in [6.45, 7) is 4.94. The Balaban J connectivity index is 1.72. The van der Waals surface area contributed by atoms with E-state index in [4.69, 9.17) is 9.47 Å². The molecule has 0 radical (unpaired) electrons. The van der Waals surface area contributed by atoms with Crippen LogP contribution >= 0.6 is 0 Å². The minimum Gasteiger partial charge on any atom is -0.496 e. The molecular weight excluding hydrogens is 327 g/mol. The summed E-state index contributed by atoms with van der Waals surface area (Å²) in [5.41, 5.74) is -0.0336. The highest BCUT2D eigenvalue weighted by atomic mass is 19.1. The molecule has 0 spiro atoms. The van der Waals surface area contributed by atoms with E-state index in [1.807, 2.05) is 0 Å². The average Bonchev–Trinajstić information content (AvgIpc) is 3.04. The summed E-state index contributed by atoms with van der Waals surface area (Å²) >= 11 is 0. The molecule has 1 aromatic rings. The largest absolute Gasteiger partial charge is 0.496 e. The summed E-state index contributed by atoms with van der Waals surface area (Å²) in [5.74, 6) is -0.545. The monoisotopic (exact) mass is 352 g/mol. The molecule has 0 unspecified atom stereocenters. The van der Waals surface area contributed by atoms with E-state index in [-0.39, 0.29) is 35.7 Å². The first-order valence-electron chi connectivity index (χ1n) is 8.66. The second-order valence-electron chi connectivity index (χ2n) is 6.64. The van der Waals surface area contributed by atoms with Crippen molar-refractivity contribution in [3.05, 3.63) is 29.6 Å². The van der Waals surface area contributed by atoms with Crippen molar-refractivity contribution in [1.82, 2.24) is 9.80 Å². The van der Waals surface area contributed by atoms with E-state index < -0.39 is 5.82 Å². The number of likely N-dealkylation sites (tertiary alicyclic amines) is 1. The fourth-order valence-corrected chi connectivity index (χ4v) is 3.67. The number of hydrogen-bond acceptors (Lipinski definition) is 5. The zero-order chi connectivity index (χ0) is 17.8. The number of benzene rings is 1. The highest BCUT2D eigenvalue weighted by Gasteiger charge is 2.37. The van der Waals surface area contributed by atoms with Gasteiger partial charge in [0.25, 0.3) is 5.91 Å². The Morgan fingerprint density at radius 1 is 1.32 bits per heavy atom. The smallest absolute Gasteiger partial charge is 0.260 e. The molecule has 3 rings (SSSR count). The van der Waals surface area contributed by atoms with Gasteiger partial charge in [0.15, 0.2) is 0 Å². The van der Waals surface area contributed by atoms with Crippen molar-refractivity contribution >= 4 is 5.91 Å². The van der Waals surface area contributed by atoms with Gasteiger partial charge in [-0.15, -0.1) is 0 Å². The number of ether oxygens (including phenoxy) is 2. The number of rotatable bonds is 5. The zero-order valence-corrected chi connectivity index (χ0v) is 14.5. The van der Waals surface area contributed by atoms with Gasteiger partial charge in [0, 0.05) is 45.2 Å². The Morgan fingerprint density at radius 2 is 2.04 bits per heavy atom. The van der Waals surface area contributed by atoms with Crippen molar-refractivity contribution in [2.75, 3.05) is 59.7 Å². The summed E-state index contributed by atoms with van der Waals surface area (Å²) in [5, 5.41) is 9.71. The van der Waals surface area contributed by atoms with E-state index in [0.717, 1.165) is 19.6 Å². The van der Waals surface area contributed by atoms with Crippen LogP contribution in [-0.2, 0) is 4.74 Å². The summed E-state index contributed by atoms with van der Waals surface area (Å²) in [4.78, 5) is 16.8. The highest BCUT2D eigenvalue weighted by molar-refractivity contribution is 5.97. The Hall–Kier alpha value is -1.70. The fourth-order valence-electron chi connectivity index (χ4n) is 3.67. The number of methoxy groups -OCH3 is 1. The summed E-state index contributed by atoms with van der Waals surface area (Å²) in [7, 11) is 1.42. The molecule has 2 aliphatic heterocycles. The number of halogens is 1. The number of amides is 1. The van der Waals surface area contributed by atoms with Crippen molar-refractivity contribution < 1.29 is 23.8 Å². The molecule has 2 atom stereocenters. The molecule has 2 heterocycles. The number of aliphatic hydroxyl groups excluding tert-OH is 1. The van der Waals surface area contributed by atoms with Crippen LogP contribution < -0.4 is 4.74 Å². The molecule has 0 saturated carbocycles. The van der Waals surface area contributed by atoms with Crippen LogP contribution in [0.5, 0.6) is 5.75 Å². The van der Waals surface area contributed by atoms with Crippen LogP contribution in [0, 0.1) is 17.7 Å². The molecule has 1 aromatic carbocycles. The highest BCUT2D eigenvalue weighted by Crippen LogP contribution is 2.29. The molecule has 2 saturated heterocycles. The van der Waals surface area contributed by atoms with Crippen LogP contribution in [0.25, 0.3) is 0 Å². The molecule has 0 aliphatic carbocycles. The lowest BCUT2D eigenvalue weighted by molar-refractivity contribution is 0.0264. The van der Waals surface area contributed by atoms with Crippen LogP contribution in [0.2, 0.25) is 0 Å². The Labute approximate surface area is 147 Å². The number of hydrogen-bond donors (Lipinski definition) is 1. The van der Waals surface area contributed by atoms with Crippen LogP contribution in [0.3, 0.4) is 0 Å². The number of morpholine rings is 1. The maximum atomic E-state index is 14.2.